The zero-order chi connectivity index (χ0) is 25.9. The van der Waals surface area contributed by atoms with Gasteiger partial charge in [-0.1, -0.05) is 75.3 Å². The van der Waals surface area contributed by atoms with Gasteiger partial charge in [-0.2, -0.15) is 5.26 Å². The van der Waals surface area contributed by atoms with E-state index in [-0.39, 0.29) is 12.0 Å². The highest BCUT2D eigenvalue weighted by molar-refractivity contribution is 9.10. The summed E-state index contributed by atoms with van der Waals surface area (Å²) < 4.78 is 6.94. The molecule has 1 N–H and O–H groups in total. The zero-order valence-electron chi connectivity index (χ0n) is 20.2. The second-order valence-corrected chi connectivity index (χ2v) is 10.6. The summed E-state index contributed by atoms with van der Waals surface area (Å²) in [6.07, 6.45) is 3.64. The molecule has 7 heteroatoms. The first-order chi connectivity index (χ1) is 17.9. The number of benzene rings is 3. The second kappa shape index (κ2) is 10.6. The SMILES string of the molecule is Cc1ccc(-c2nc(/C(C#N)=C/C3=Cc4ccccc4OC3C)sc2NC(=O)c2ccc(Br)cc2)cc1. The molecule has 0 radical (unpaired) electrons. The number of halogens is 1. The molecule has 37 heavy (non-hydrogen) atoms. The predicted molar refractivity (Wildman–Crippen MR) is 152 cm³/mol. The van der Waals surface area contributed by atoms with Crippen LogP contribution in [0, 0.1) is 18.3 Å². The van der Waals surface area contributed by atoms with E-state index in [2.05, 4.69) is 27.3 Å². The Labute approximate surface area is 227 Å². The molecular weight excluding hydrogens is 546 g/mol. The van der Waals surface area contributed by atoms with Crippen LogP contribution in [0.1, 0.15) is 33.4 Å². The molecule has 1 amide bonds. The molecule has 3 aromatic carbocycles. The number of thiazole rings is 1. The van der Waals surface area contributed by atoms with Gasteiger partial charge in [-0.3, -0.25) is 4.79 Å². The van der Waals surface area contributed by atoms with E-state index in [0.717, 1.165) is 32.5 Å². The van der Waals surface area contributed by atoms with Crippen LogP contribution in [0.3, 0.4) is 0 Å². The van der Waals surface area contributed by atoms with Crippen LogP contribution in [0.25, 0.3) is 22.9 Å². The Kier molecular flexibility index (Phi) is 7.04. The number of hydrogen-bond acceptors (Lipinski definition) is 5. The van der Waals surface area contributed by atoms with Gasteiger partial charge >= 0.3 is 0 Å². The molecule has 0 spiro atoms. The van der Waals surface area contributed by atoms with Crippen molar-refractivity contribution < 1.29 is 9.53 Å². The third-order valence-electron chi connectivity index (χ3n) is 5.96. The van der Waals surface area contributed by atoms with Gasteiger partial charge in [0, 0.05) is 21.2 Å². The lowest BCUT2D eigenvalue weighted by molar-refractivity contribution is 0.102. The van der Waals surface area contributed by atoms with Crippen molar-refractivity contribution >= 4 is 49.8 Å². The number of aromatic nitrogens is 1. The van der Waals surface area contributed by atoms with E-state index in [4.69, 9.17) is 9.72 Å². The molecule has 1 aromatic heterocycles. The largest absolute Gasteiger partial charge is 0.485 e. The Hall–Kier alpha value is -3.99. The molecule has 5 rings (SSSR count). The van der Waals surface area contributed by atoms with Crippen LogP contribution in [0.15, 0.2) is 88.9 Å². The van der Waals surface area contributed by atoms with Crippen LogP contribution < -0.4 is 10.1 Å². The lowest BCUT2D eigenvalue weighted by atomic mass is 10.0. The Morgan fingerprint density at radius 3 is 2.57 bits per heavy atom. The van der Waals surface area contributed by atoms with Crippen LogP contribution in [0.5, 0.6) is 5.75 Å². The smallest absolute Gasteiger partial charge is 0.256 e. The van der Waals surface area contributed by atoms with E-state index in [9.17, 15) is 10.1 Å². The van der Waals surface area contributed by atoms with Crippen LogP contribution in [0.2, 0.25) is 0 Å². The van der Waals surface area contributed by atoms with Crippen molar-refractivity contribution in [3.63, 3.8) is 0 Å². The van der Waals surface area contributed by atoms with Crippen molar-refractivity contribution in [3.05, 3.63) is 111 Å². The number of amides is 1. The average molecular weight is 568 g/mol. The summed E-state index contributed by atoms with van der Waals surface area (Å²) in [6, 6.07) is 25.2. The predicted octanol–water partition coefficient (Wildman–Crippen LogP) is 7.90. The van der Waals surface area contributed by atoms with Gasteiger partial charge in [-0.05, 0) is 61.9 Å². The Morgan fingerprint density at radius 2 is 1.84 bits per heavy atom. The number of nitrogens with zero attached hydrogens (tertiary/aromatic N) is 2. The second-order valence-electron chi connectivity index (χ2n) is 8.64. The fourth-order valence-corrected chi connectivity index (χ4v) is 5.15. The van der Waals surface area contributed by atoms with E-state index in [1.165, 1.54) is 11.3 Å². The fourth-order valence-electron chi connectivity index (χ4n) is 3.93. The molecule has 1 aliphatic rings. The van der Waals surface area contributed by atoms with Gasteiger partial charge in [0.15, 0.2) is 0 Å². The van der Waals surface area contributed by atoms with Crippen molar-refractivity contribution in [1.29, 1.82) is 5.26 Å². The molecule has 0 fully saturated rings. The number of carbonyl (C=O) groups excluding carboxylic acids is 1. The van der Waals surface area contributed by atoms with E-state index in [1.54, 1.807) is 12.1 Å². The molecule has 4 aromatic rings. The highest BCUT2D eigenvalue weighted by Crippen LogP contribution is 2.38. The van der Waals surface area contributed by atoms with Crippen molar-refractivity contribution in [1.82, 2.24) is 4.98 Å². The third-order valence-corrected chi connectivity index (χ3v) is 7.49. The highest BCUT2D eigenvalue weighted by atomic mass is 79.9. The minimum Gasteiger partial charge on any atom is -0.485 e. The summed E-state index contributed by atoms with van der Waals surface area (Å²) >= 11 is 4.68. The lowest BCUT2D eigenvalue weighted by Gasteiger charge is -2.22. The number of nitrogens with one attached hydrogen (secondary N) is 1. The normalized spacial score (nSPS) is 14.7. The van der Waals surface area contributed by atoms with Gasteiger partial charge in [0.05, 0.1) is 5.57 Å². The monoisotopic (exact) mass is 567 g/mol. The number of anilines is 1. The maximum Gasteiger partial charge on any atom is 0.256 e. The van der Waals surface area contributed by atoms with E-state index in [0.29, 0.717) is 26.8 Å². The standard InChI is InChI=1S/C30H22BrN3O2S/c1-18-7-9-20(10-8-18)27-30(34-28(35)21-11-13-25(31)14-12-21)37-29(33-27)24(17-32)16-23-15-22-5-3-4-6-26(22)36-19(23)2/h3-16,19H,1-2H3,(H,34,35)/b24-16+. The summed E-state index contributed by atoms with van der Waals surface area (Å²) in [5.41, 5.74) is 5.38. The maximum absolute atomic E-state index is 13.0. The average Bonchev–Trinajstić information content (AvgIpc) is 3.31. The Balaban J connectivity index is 1.55. The molecule has 1 atom stereocenters. The molecule has 5 nitrogen and oxygen atoms in total. The minimum atomic E-state index is -0.243. The van der Waals surface area contributed by atoms with Gasteiger partial charge in [-0.15, -0.1) is 0 Å². The van der Waals surface area contributed by atoms with Crippen molar-refractivity contribution in [2.45, 2.75) is 20.0 Å². The zero-order valence-corrected chi connectivity index (χ0v) is 22.6. The summed E-state index contributed by atoms with van der Waals surface area (Å²) in [5.74, 6) is 0.576. The number of rotatable bonds is 5. The van der Waals surface area contributed by atoms with Gasteiger partial charge in [0.2, 0.25) is 0 Å². The van der Waals surface area contributed by atoms with Crippen molar-refractivity contribution in [3.8, 4) is 23.1 Å². The molecule has 1 aliphatic heterocycles. The first-order valence-corrected chi connectivity index (χ1v) is 13.3. The molecule has 0 saturated carbocycles. The number of para-hydroxylation sites is 1. The number of carbonyl (C=O) groups is 1. The summed E-state index contributed by atoms with van der Waals surface area (Å²) in [5, 5.41) is 14.2. The molecule has 0 saturated heterocycles. The quantitative estimate of drug-likeness (QED) is 0.248. The van der Waals surface area contributed by atoms with E-state index < -0.39 is 0 Å². The molecule has 0 aliphatic carbocycles. The van der Waals surface area contributed by atoms with Gasteiger partial charge < -0.3 is 10.1 Å². The maximum atomic E-state index is 13.0. The fraction of sp³-hybridized carbons (Fsp3) is 0.100. The number of allylic oxidation sites excluding steroid dienone is 1. The topological polar surface area (TPSA) is 75.0 Å². The lowest BCUT2D eigenvalue weighted by Crippen LogP contribution is -2.17. The first kappa shape index (κ1) is 24.7. The number of hydrogen-bond donors (Lipinski definition) is 1. The molecule has 182 valence electrons. The van der Waals surface area contributed by atoms with Crippen molar-refractivity contribution in [2.75, 3.05) is 5.32 Å². The van der Waals surface area contributed by atoms with Crippen LogP contribution in [-0.4, -0.2) is 17.0 Å². The first-order valence-electron chi connectivity index (χ1n) is 11.7. The van der Waals surface area contributed by atoms with Crippen LogP contribution >= 0.6 is 27.3 Å². The molecule has 2 heterocycles. The highest BCUT2D eigenvalue weighted by Gasteiger charge is 2.21. The minimum absolute atomic E-state index is 0.216. The Morgan fingerprint density at radius 1 is 1.11 bits per heavy atom. The molecular formula is C30H22BrN3O2S. The van der Waals surface area contributed by atoms with Crippen molar-refractivity contribution in [2.24, 2.45) is 0 Å². The number of fused-ring (bicyclic) bond motifs is 1. The van der Waals surface area contributed by atoms with E-state index >= 15 is 0 Å². The van der Waals surface area contributed by atoms with E-state index in [1.807, 2.05) is 86.7 Å². The molecule has 0 bridgehead atoms. The number of ether oxygens (including phenoxy) is 1. The molecule has 1 unspecified atom stereocenters. The summed E-state index contributed by atoms with van der Waals surface area (Å²) in [7, 11) is 0. The van der Waals surface area contributed by atoms with Crippen LogP contribution in [0.4, 0.5) is 5.00 Å². The summed E-state index contributed by atoms with van der Waals surface area (Å²) in [4.78, 5) is 17.9. The van der Waals surface area contributed by atoms with Crippen LogP contribution in [-0.2, 0) is 0 Å². The van der Waals surface area contributed by atoms with Gasteiger partial charge in [0.1, 0.15) is 33.6 Å². The summed E-state index contributed by atoms with van der Waals surface area (Å²) in [6.45, 7) is 3.97. The number of nitriles is 1. The van der Waals surface area contributed by atoms with Gasteiger partial charge in [-0.25, -0.2) is 4.98 Å². The Bertz CT molecular complexity index is 1580. The third kappa shape index (κ3) is 5.41. The van der Waals surface area contributed by atoms with Gasteiger partial charge in [0.25, 0.3) is 5.91 Å². The number of aryl methyl sites for hydroxylation is 1.